The highest BCUT2D eigenvalue weighted by molar-refractivity contribution is 7.80. The normalized spacial score (nSPS) is 16.8. The predicted molar refractivity (Wildman–Crippen MR) is 157 cm³/mol. The molecule has 0 unspecified atom stereocenters. The van der Waals surface area contributed by atoms with Gasteiger partial charge in [0.2, 0.25) is 5.91 Å². The highest BCUT2D eigenvalue weighted by Gasteiger charge is 2.42. The summed E-state index contributed by atoms with van der Waals surface area (Å²) in [6.07, 6.45) is 1.77. The lowest BCUT2D eigenvalue weighted by Gasteiger charge is -2.28. The van der Waals surface area contributed by atoms with E-state index in [4.69, 9.17) is 28.6 Å². The summed E-state index contributed by atoms with van der Waals surface area (Å²) in [5.41, 5.74) is 5.88. The number of nitrogens with one attached hydrogen (secondary N) is 2. The summed E-state index contributed by atoms with van der Waals surface area (Å²) < 4.78 is 6.90. The van der Waals surface area contributed by atoms with E-state index >= 15 is 0 Å². The van der Waals surface area contributed by atoms with Crippen molar-refractivity contribution in [2.24, 2.45) is 0 Å². The van der Waals surface area contributed by atoms with E-state index in [0.717, 1.165) is 28.3 Å². The first-order chi connectivity index (χ1) is 18.8. The standard InChI is InChI=1S/C29H28ClN5O3S/c1-17-14-22(18(2)34(17)24-15-19(30)7-12-25(24)36)28-27(23-6-4-5-13-31-23)33-29(39)35(28)21-10-8-20(9-11-21)32-26(37)16-38-3/h4-15,27-28,36H,16H2,1-3H3,(H,32,37)(H,33,39)/t27-,28-/m1/s1. The molecule has 1 fully saturated rings. The van der Waals surface area contributed by atoms with Gasteiger partial charge in [-0.2, -0.15) is 0 Å². The average Bonchev–Trinajstić information content (AvgIpc) is 3.41. The number of aromatic hydroxyl groups is 1. The van der Waals surface area contributed by atoms with E-state index in [1.165, 1.54) is 7.11 Å². The largest absolute Gasteiger partial charge is 0.506 e. The van der Waals surface area contributed by atoms with Crippen LogP contribution in [0.2, 0.25) is 5.02 Å². The number of rotatable bonds is 7. The van der Waals surface area contributed by atoms with Crippen molar-refractivity contribution >= 4 is 46.2 Å². The number of anilines is 2. The van der Waals surface area contributed by atoms with E-state index < -0.39 is 0 Å². The van der Waals surface area contributed by atoms with Crippen molar-refractivity contribution in [3.63, 3.8) is 0 Å². The maximum Gasteiger partial charge on any atom is 0.250 e. The zero-order valence-corrected chi connectivity index (χ0v) is 23.3. The Bertz CT molecular complexity index is 1520. The van der Waals surface area contributed by atoms with E-state index in [0.29, 0.717) is 21.5 Å². The number of phenolic OH excluding ortho intramolecular Hbond substituents is 1. The number of carbonyl (C=O) groups excluding carboxylic acids is 1. The van der Waals surface area contributed by atoms with Crippen LogP contribution in [0, 0.1) is 13.8 Å². The molecule has 8 nitrogen and oxygen atoms in total. The predicted octanol–water partition coefficient (Wildman–Crippen LogP) is 5.61. The first-order valence-corrected chi connectivity index (χ1v) is 13.1. The third-order valence-corrected chi connectivity index (χ3v) is 7.32. The Morgan fingerprint density at radius 1 is 1.15 bits per heavy atom. The molecule has 200 valence electrons. The molecule has 0 bridgehead atoms. The van der Waals surface area contributed by atoms with Crippen LogP contribution in [-0.4, -0.2) is 39.4 Å². The molecule has 10 heteroatoms. The van der Waals surface area contributed by atoms with Gasteiger partial charge in [0.15, 0.2) is 5.11 Å². The number of carbonyl (C=O) groups is 1. The molecule has 1 saturated heterocycles. The molecule has 0 radical (unpaired) electrons. The number of benzene rings is 2. The number of phenols is 1. The lowest BCUT2D eigenvalue weighted by atomic mass is 9.96. The fourth-order valence-electron chi connectivity index (χ4n) is 5.12. The quantitative estimate of drug-likeness (QED) is 0.253. The number of pyridine rings is 1. The van der Waals surface area contributed by atoms with Crippen molar-refractivity contribution in [1.29, 1.82) is 0 Å². The van der Waals surface area contributed by atoms with Crippen molar-refractivity contribution in [3.05, 3.63) is 101 Å². The third kappa shape index (κ3) is 5.21. The molecule has 39 heavy (non-hydrogen) atoms. The minimum Gasteiger partial charge on any atom is -0.506 e. The second-order valence-corrected chi connectivity index (χ2v) is 10.1. The summed E-state index contributed by atoms with van der Waals surface area (Å²) in [7, 11) is 1.48. The van der Waals surface area contributed by atoms with E-state index in [9.17, 15) is 9.90 Å². The summed E-state index contributed by atoms with van der Waals surface area (Å²) in [5.74, 6) is -0.0922. The number of nitrogens with zero attached hydrogens (tertiary/aromatic N) is 3. The minimum atomic E-state index is -0.248. The number of aryl methyl sites for hydroxylation is 1. The van der Waals surface area contributed by atoms with Crippen molar-refractivity contribution in [2.45, 2.75) is 25.9 Å². The number of amides is 1. The molecule has 2 aromatic carbocycles. The monoisotopic (exact) mass is 561 g/mol. The zero-order chi connectivity index (χ0) is 27.7. The molecule has 2 aromatic heterocycles. The molecular formula is C29H28ClN5O3S. The average molecular weight is 562 g/mol. The smallest absolute Gasteiger partial charge is 0.250 e. The molecular weight excluding hydrogens is 534 g/mol. The fourth-order valence-corrected chi connectivity index (χ4v) is 5.63. The van der Waals surface area contributed by atoms with Gasteiger partial charge in [0.25, 0.3) is 0 Å². The molecule has 3 N–H and O–H groups in total. The van der Waals surface area contributed by atoms with Crippen molar-refractivity contribution < 1.29 is 14.6 Å². The van der Waals surface area contributed by atoms with Crippen LogP contribution in [0.4, 0.5) is 11.4 Å². The zero-order valence-electron chi connectivity index (χ0n) is 21.7. The van der Waals surface area contributed by atoms with E-state index in [1.807, 2.05) is 60.9 Å². The topological polar surface area (TPSA) is 91.7 Å². The van der Waals surface area contributed by atoms with Gasteiger partial charge in [-0.1, -0.05) is 17.7 Å². The summed E-state index contributed by atoms with van der Waals surface area (Å²) in [6, 6.07) is 20.0. The van der Waals surface area contributed by atoms with Gasteiger partial charge >= 0.3 is 0 Å². The molecule has 1 amide bonds. The van der Waals surface area contributed by atoms with Crippen LogP contribution in [0.15, 0.2) is 72.9 Å². The molecule has 0 aliphatic carbocycles. The van der Waals surface area contributed by atoms with Crippen LogP contribution in [-0.2, 0) is 9.53 Å². The Balaban J connectivity index is 1.60. The summed E-state index contributed by atoms with van der Waals surface area (Å²) in [4.78, 5) is 18.7. The Labute approximate surface area is 237 Å². The highest BCUT2D eigenvalue weighted by atomic mass is 35.5. The molecule has 4 aromatic rings. The van der Waals surface area contributed by atoms with Crippen LogP contribution >= 0.6 is 23.8 Å². The van der Waals surface area contributed by atoms with Crippen molar-refractivity contribution in [1.82, 2.24) is 14.9 Å². The van der Waals surface area contributed by atoms with E-state index in [-0.39, 0.29) is 30.3 Å². The van der Waals surface area contributed by atoms with Crippen LogP contribution in [0.3, 0.4) is 0 Å². The number of hydrogen-bond donors (Lipinski definition) is 3. The Morgan fingerprint density at radius 3 is 2.62 bits per heavy atom. The first kappa shape index (κ1) is 26.7. The van der Waals surface area contributed by atoms with Crippen LogP contribution in [0.1, 0.15) is 34.7 Å². The Kier molecular flexibility index (Phi) is 7.56. The van der Waals surface area contributed by atoms with Gasteiger partial charge in [0.05, 0.1) is 23.5 Å². The summed E-state index contributed by atoms with van der Waals surface area (Å²) >= 11 is 12.2. The minimum absolute atomic E-state index is 0.0203. The van der Waals surface area contributed by atoms with E-state index in [1.54, 1.807) is 24.4 Å². The number of ether oxygens (including phenoxy) is 1. The van der Waals surface area contributed by atoms with Crippen LogP contribution in [0.5, 0.6) is 5.75 Å². The lowest BCUT2D eigenvalue weighted by Crippen LogP contribution is -2.29. The molecule has 0 spiro atoms. The van der Waals surface area contributed by atoms with Gasteiger partial charge in [-0.25, -0.2) is 0 Å². The Hall–Kier alpha value is -3.92. The first-order valence-electron chi connectivity index (χ1n) is 12.4. The SMILES string of the molecule is COCC(=O)Nc1ccc(N2C(=S)N[C@H](c3ccccn3)[C@H]2c2cc(C)n(-c3cc(Cl)ccc3O)c2C)cc1. The number of thiocarbonyl (C=S) groups is 1. The molecule has 0 saturated carbocycles. The van der Waals surface area contributed by atoms with Crippen molar-refractivity contribution in [3.8, 4) is 11.4 Å². The maximum absolute atomic E-state index is 12.0. The molecule has 5 rings (SSSR count). The van der Waals surface area contributed by atoms with Crippen LogP contribution < -0.4 is 15.5 Å². The van der Waals surface area contributed by atoms with Crippen molar-refractivity contribution in [2.75, 3.05) is 23.9 Å². The fraction of sp³-hybridized carbons (Fsp3) is 0.207. The second kappa shape index (κ2) is 11.1. The molecule has 1 aliphatic heterocycles. The third-order valence-electron chi connectivity index (χ3n) is 6.77. The lowest BCUT2D eigenvalue weighted by molar-refractivity contribution is -0.119. The van der Waals surface area contributed by atoms with Gasteiger partial charge < -0.3 is 29.9 Å². The number of methoxy groups -OCH3 is 1. The number of aromatic nitrogens is 2. The molecule has 2 atom stereocenters. The summed E-state index contributed by atoms with van der Waals surface area (Å²) in [5, 5.41) is 18.1. The van der Waals surface area contributed by atoms with Gasteiger partial charge in [0, 0.05) is 41.1 Å². The molecule has 1 aliphatic rings. The van der Waals surface area contributed by atoms with Gasteiger partial charge in [-0.3, -0.25) is 9.78 Å². The van der Waals surface area contributed by atoms with Gasteiger partial charge in [0.1, 0.15) is 12.4 Å². The Morgan fingerprint density at radius 2 is 1.92 bits per heavy atom. The van der Waals surface area contributed by atoms with Gasteiger partial charge in [-0.15, -0.1) is 0 Å². The molecule has 3 heterocycles. The summed E-state index contributed by atoms with van der Waals surface area (Å²) in [6.45, 7) is 3.99. The number of halogens is 1. The highest BCUT2D eigenvalue weighted by Crippen LogP contribution is 2.44. The van der Waals surface area contributed by atoms with Crippen LogP contribution in [0.25, 0.3) is 5.69 Å². The second-order valence-electron chi connectivity index (χ2n) is 9.32. The maximum atomic E-state index is 12.0. The van der Waals surface area contributed by atoms with E-state index in [2.05, 4.69) is 26.6 Å². The number of hydrogen-bond acceptors (Lipinski definition) is 5. The van der Waals surface area contributed by atoms with Gasteiger partial charge in [-0.05, 0) is 92.3 Å².